The predicted octanol–water partition coefficient (Wildman–Crippen LogP) is 3.81. The number of hydrogen-bond acceptors (Lipinski definition) is 11. The molecule has 0 aromatic heterocycles. The van der Waals surface area contributed by atoms with Crippen LogP contribution in [0.4, 0.5) is 0 Å². The fourth-order valence-electron chi connectivity index (χ4n) is 5.20. The molecule has 0 spiro atoms. The number of aryl methyl sites for hydroxylation is 1. The van der Waals surface area contributed by atoms with Crippen molar-refractivity contribution in [3.63, 3.8) is 0 Å². The summed E-state index contributed by atoms with van der Waals surface area (Å²) in [6.45, 7) is 2.63. The summed E-state index contributed by atoms with van der Waals surface area (Å²) < 4.78 is 10.8. The first kappa shape index (κ1) is 38.1. The minimum Gasteiger partial charge on any atom is -0.466 e. The molecule has 0 heterocycles. The van der Waals surface area contributed by atoms with Gasteiger partial charge in [-0.25, -0.2) is 0 Å². The van der Waals surface area contributed by atoms with Crippen LogP contribution in [0, 0.1) is 11.8 Å². The maximum atomic E-state index is 12.7. The third kappa shape index (κ3) is 16.7. The summed E-state index contributed by atoms with van der Waals surface area (Å²) in [6.07, 6.45) is 9.90. The first-order chi connectivity index (χ1) is 21.7. The van der Waals surface area contributed by atoms with E-state index in [1.165, 1.54) is 0 Å². The number of esters is 2. The van der Waals surface area contributed by atoms with Gasteiger partial charge in [0.15, 0.2) is 0 Å². The van der Waals surface area contributed by atoms with Crippen LogP contribution in [0.25, 0.3) is 0 Å². The first-order valence-corrected chi connectivity index (χ1v) is 15.9. The summed E-state index contributed by atoms with van der Waals surface area (Å²) in [5.41, 5.74) is 1.12. The summed E-state index contributed by atoms with van der Waals surface area (Å²) in [6, 6.07) is 9.86. The second kappa shape index (κ2) is 22.4. The number of nitrogens with one attached hydrogen (secondary N) is 1. The fourth-order valence-corrected chi connectivity index (χ4v) is 5.20. The molecular weight excluding hydrogens is 584 g/mol. The highest BCUT2D eigenvalue weighted by atomic mass is 17.1. The molecule has 1 aromatic carbocycles. The summed E-state index contributed by atoms with van der Waals surface area (Å²) >= 11 is 0. The Balaban J connectivity index is 1.91. The molecule has 0 radical (unpaired) electrons. The van der Waals surface area contributed by atoms with Crippen LogP contribution in [0.3, 0.4) is 0 Å². The van der Waals surface area contributed by atoms with Crippen molar-refractivity contribution in [3.05, 3.63) is 60.2 Å². The number of ether oxygens (including phenoxy) is 2. The van der Waals surface area contributed by atoms with E-state index in [0.717, 1.165) is 18.4 Å². The van der Waals surface area contributed by atoms with Gasteiger partial charge in [-0.05, 0) is 63.4 Å². The Kier molecular flexibility index (Phi) is 18.9. The summed E-state index contributed by atoms with van der Waals surface area (Å²) in [4.78, 5) is 40.8. The van der Waals surface area contributed by atoms with Crippen molar-refractivity contribution in [1.29, 1.82) is 0 Å². The Hall–Kier alpha value is -3.13. The molecule has 1 fully saturated rings. The van der Waals surface area contributed by atoms with Crippen molar-refractivity contribution in [2.24, 2.45) is 11.8 Å². The van der Waals surface area contributed by atoms with E-state index in [1.807, 2.05) is 55.5 Å². The molecule has 1 aliphatic rings. The normalized spacial score (nSPS) is 20.6. The van der Waals surface area contributed by atoms with Crippen molar-refractivity contribution >= 4 is 17.8 Å². The number of aliphatic hydroxyl groups excluding tert-OH is 2. The molecule has 252 valence electrons. The van der Waals surface area contributed by atoms with Crippen LogP contribution in [0.5, 0.6) is 0 Å². The molecular formula is C33H50N2O10. The summed E-state index contributed by atoms with van der Waals surface area (Å²) in [7, 11) is 0. The maximum absolute atomic E-state index is 12.7. The van der Waals surface area contributed by atoms with Crippen LogP contribution in [-0.4, -0.2) is 81.9 Å². The van der Waals surface area contributed by atoms with Crippen molar-refractivity contribution < 1.29 is 49.3 Å². The maximum Gasteiger partial charge on any atom is 0.306 e. The number of amides is 1. The van der Waals surface area contributed by atoms with Crippen LogP contribution in [0.15, 0.2) is 54.6 Å². The van der Waals surface area contributed by atoms with Crippen LogP contribution in [0.2, 0.25) is 0 Å². The Bertz CT molecular complexity index is 1050. The third-order valence-electron chi connectivity index (χ3n) is 7.57. The number of hydrogen-bond donors (Lipinski definition) is 5. The van der Waals surface area contributed by atoms with Crippen molar-refractivity contribution in [3.8, 4) is 0 Å². The van der Waals surface area contributed by atoms with Gasteiger partial charge in [0, 0.05) is 25.3 Å². The van der Waals surface area contributed by atoms with Gasteiger partial charge < -0.3 is 25.0 Å². The van der Waals surface area contributed by atoms with Crippen molar-refractivity contribution in [2.45, 2.75) is 95.9 Å². The van der Waals surface area contributed by atoms with E-state index in [0.29, 0.717) is 45.1 Å². The fraction of sp³-hybridized carbons (Fsp3) is 0.606. The molecule has 12 heteroatoms. The van der Waals surface area contributed by atoms with E-state index < -0.39 is 30.3 Å². The van der Waals surface area contributed by atoms with Crippen LogP contribution < -0.4 is 5.32 Å². The SMILES string of the molecule is CCNC(=O)CCC/C=C\C[C@@H]1[C@@H](/C=C/[C@@H](O)CCc2ccccc2)[C@H](OC(=O)CCC(=O)OCCCCON(O)O)C[C@@H]1O. The number of aliphatic hydroxyl groups is 2. The zero-order valence-corrected chi connectivity index (χ0v) is 26.2. The lowest BCUT2D eigenvalue weighted by Gasteiger charge is -2.22. The van der Waals surface area contributed by atoms with Crippen LogP contribution >= 0.6 is 0 Å². The van der Waals surface area contributed by atoms with E-state index in [-0.39, 0.29) is 55.6 Å². The minimum absolute atomic E-state index is 0.0236. The van der Waals surface area contributed by atoms with Crippen LogP contribution in [-0.2, 0) is 35.1 Å². The van der Waals surface area contributed by atoms with E-state index in [4.69, 9.17) is 19.9 Å². The molecule has 1 aromatic rings. The minimum atomic E-state index is -0.725. The van der Waals surface area contributed by atoms with Gasteiger partial charge in [-0.2, -0.15) is 0 Å². The number of benzene rings is 1. The Morgan fingerprint density at radius 1 is 1.02 bits per heavy atom. The van der Waals surface area contributed by atoms with Gasteiger partial charge in [-0.15, -0.1) is 0 Å². The van der Waals surface area contributed by atoms with Crippen molar-refractivity contribution in [2.75, 3.05) is 19.8 Å². The second-order valence-corrected chi connectivity index (χ2v) is 11.1. The quantitative estimate of drug-likeness (QED) is 0.0543. The highest BCUT2D eigenvalue weighted by Gasteiger charge is 2.42. The number of carbonyl (C=O) groups excluding carboxylic acids is 3. The van der Waals surface area contributed by atoms with Gasteiger partial charge >= 0.3 is 11.9 Å². The standard InChI is InChI=1S/C33H50N2O10/c1-2-34-31(38)15-9-4-3-8-14-27-28(19-18-26(36)17-16-25-12-6-5-7-13-25)30(24-29(27)37)45-33(40)21-20-32(39)43-22-10-11-23-44-35(41)42/h3,5-8,12-13,18-19,26-30,36-37,41-42H,2,4,9-11,14-17,20-24H2,1H3,(H,34,38)/b8-3-,19-18+/t26-,27+,28+,29-,30+/m0/s1. The van der Waals surface area contributed by atoms with E-state index in [9.17, 15) is 24.6 Å². The topological polar surface area (TPSA) is 175 Å². The molecule has 1 aliphatic carbocycles. The molecule has 5 atom stereocenters. The van der Waals surface area contributed by atoms with Gasteiger partial charge in [-0.1, -0.05) is 54.6 Å². The third-order valence-corrected chi connectivity index (χ3v) is 7.57. The first-order valence-electron chi connectivity index (χ1n) is 15.9. The van der Waals surface area contributed by atoms with E-state index in [1.54, 1.807) is 6.08 Å². The molecule has 1 saturated carbocycles. The zero-order valence-electron chi connectivity index (χ0n) is 26.2. The van der Waals surface area contributed by atoms with E-state index in [2.05, 4.69) is 10.2 Å². The Labute approximate surface area is 265 Å². The average Bonchev–Trinajstić information content (AvgIpc) is 3.30. The number of nitrogens with zero attached hydrogens (tertiary/aromatic N) is 1. The second-order valence-electron chi connectivity index (χ2n) is 11.1. The van der Waals surface area contributed by atoms with Gasteiger partial charge in [0.2, 0.25) is 5.91 Å². The van der Waals surface area contributed by atoms with Crippen molar-refractivity contribution in [1.82, 2.24) is 10.7 Å². The van der Waals surface area contributed by atoms with E-state index >= 15 is 0 Å². The average molecular weight is 635 g/mol. The molecule has 0 bridgehead atoms. The number of unbranched alkanes of at least 4 members (excludes halogenated alkanes) is 2. The number of carbonyl (C=O) groups is 3. The molecule has 2 rings (SSSR count). The Morgan fingerprint density at radius 3 is 2.49 bits per heavy atom. The molecule has 1 amide bonds. The molecule has 0 aliphatic heterocycles. The lowest BCUT2D eigenvalue weighted by Crippen LogP contribution is -2.25. The highest BCUT2D eigenvalue weighted by molar-refractivity contribution is 5.77. The monoisotopic (exact) mass is 634 g/mol. The Morgan fingerprint density at radius 2 is 1.76 bits per heavy atom. The van der Waals surface area contributed by atoms with Gasteiger partial charge in [-0.3, -0.25) is 29.6 Å². The predicted molar refractivity (Wildman–Crippen MR) is 164 cm³/mol. The summed E-state index contributed by atoms with van der Waals surface area (Å²) in [5.74, 6) is -1.68. The highest BCUT2D eigenvalue weighted by Crippen LogP contribution is 2.38. The molecule has 12 nitrogen and oxygen atoms in total. The number of rotatable bonds is 22. The van der Waals surface area contributed by atoms with Gasteiger partial charge in [0.1, 0.15) is 6.10 Å². The zero-order chi connectivity index (χ0) is 32.9. The number of allylic oxidation sites excluding steroid dienone is 2. The lowest BCUT2D eigenvalue weighted by atomic mass is 9.89. The smallest absolute Gasteiger partial charge is 0.306 e. The molecule has 45 heavy (non-hydrogen) atoms. The molecule has 0 saturated heterocycles. The van der Waals surface area contributed by atoms with Crippen LogP contribution in [0.1, 0.15) is 76.7 Å². The summed E-state index contributed by atoms with van der Waals surface area (Å²) in [5, 5.41) is 40.9. The van der Waals surface area contributed by atoms with Gasteiger partial charge in [0.25, 0.3) is 0 Å². The lowest BCUT2D eigenvalue weighted by molar-refractivity contribution is -0.492. The largest absolute Gasteiger partial charge is 0.466 e. The molecule has 0 unspecified atom stereocenters. The molecule has 5 N–H and O–H groups in total. The van der Waals surface area contributed by atoms with Gasteiger partial charge in [0.05, 0.1) is 43.7 Å².